The summed E-state index contributed by atoms with van der Waals surface area (Å²) in [7, 11) is 1.67. The first-order chi connectivity index (χ1) is 4.25. The van der Waals surface area contributed by atoms with Crippen molar-refractivity contribution in [2.24, 2.45) is 7.05 Å². The molecule has 4 heteroatoms. The highest BCUT2D eigenvalue weighted by atomic mass is 35.5. The van der Waals surface area contributed by atoms with Gasteiger partial charge in [-0.2, -0.15) is 10.4 Å². The van der Waals surface area contributed by atoms with Gasteiger partial charge in [-0.3, -0.25) is 4.68 Å². The Balaban J connectivity index is 3.27. The van der Waals surface area contributed by atoms with Crippen molar-refractivity contribution in [1.82, 2.24) is 9.78 Å². The van der Waals surface area contributed by atoms with E-state index in [2.05, 4.69) is 5.10 Å². The van der Waals surface area contributed by atoms with Gasteiger partial charge in [0, 0.05) is 7.05 Å². The zero-order chi connectivity index (χ0) is 6.85. The minimum atomic E-state index is 0.400. The molecule has 0 aromatic carbocycles. The molecule has 1 aromatic rings. The minimum Gasteiger partial charge on any atom is -0.257 e. The third-order valence-electron chi connectivity index (χ3n) is 1.00. The van der Waals surface area contributed by atoms with E-state index in [1.54, 1.807) is 7.05 Å². The molecule has 1 heterocycles. The highest BCUT2D eigenvalue weighted by molar-refractivity contribution is 6.31. The fraction of sp³-hybridized carbons (Fsp3) is 0.200. The van der Waals surface area contributed by atoms with E-state index in [-0.39, 0.29) is 0 Å². The molecule has 1 rings (SSSR count). The van der Waals surface area contributed by atoms with Crippen LogP contribution in [0.4, 0.5) is 0 Å². The van der Waals surface area contributed by atoms with E-state index in [0.717, 1.165) is 0 Å². The summed E-state index contributed by atoms with van der Waals surface area (Å²) in [6.45, 7) is 0. The minimum absolute atomic E-state index is 0.400. The summed E-state index contributed by atoms with van der Waals surface area (Å²) in [6.07, 6.45) is 1.44. The molecular weight excluding hydrogens is 138 g/mol. The van der Waals surface area contributed by atoms with Crippen LogP contribution in [0.3, 0.4) is 0 Å². The van der Waals surface area contributed by atoms with Crippen LogP contribution in [0.5, 0.6) is 0 Å². The molecule has 0 aliphatic rings. The summed E-state index contributed by atoms with van der Waals surface area (Å²) in [5, 5.41) is 12.5. The molecule has 0 saturated carbocycles. The maximum atomic E-state index is 8.39. The van der Waals surface area contributed by atoms with Crippen LogP contribution in [-0.2, 0) is 7.05 Å². The molecular formula is C5H4ClN3. The maximum Gasteiger partial charge on any atom is 0.156 e. The van der Waals surface area contributed by atoms with Crippen LogP contribution in [0.25, 0.3) is 0 Å². The zero-order valence-corrected chi connectivity index (χ0v) is 5.55. The molecule has 0 atom stereocenters. The molecule has 0 saturated heterocycles. The molecule has 9 heavy (non-hydrogen) atoms. The lowest BCUT2D eigenvalue weighted by molar-refractivity contribution is 0.756. The van der Waals surface area contributed by atoms with Crippen molar-refractivity contribution in [3.63, 3.8) is 0 Å². The predicted octanol–water partition coefficient (Wildman–Crippen LogP) is 0.945. The molecule has 0 fully saturated rings. The van der Waals surface area contributed by atoms with Crippen molar-refractivity contribution < 1.29 is 0 Å². The van der Waals surface area contributed by atoms with Crippen LogP contribution in [-0.4, -0.2) is 9.78 Å². The Bertz CT molecular complexity index is 238. The van der Waals surface area contributed by atoms with Crippen molar-refractivity contribution in [2.45, 2.75) is 0 Å². The Morgan fingerprint density at radius 1 is 1.89 bits per heavy atom. The second-order valence-electron chi connectivity index (χ2n) is 1.58. The quantitative estimate of drug-likeness (QED) is 0.540. The van der Waals surface area contributed by atoms with Gasteiger partial charge in [0.1, 0.15) is 6.07 Å². The molecule has 0 spiro atoms. The fourth-order valence-electron chi connectivity index (χ4n) is 0.537. The number of aryl methyl sites for hydroxylation is 1. The summed E-state index contributed by atoms with van der Waals surface area (Å²) < 4.78 is 1.43. The van der Waals surface area contributed by atoms with Crippen LogP contribution in [0.1, 0.15) is 5.69 Å². The van der Waals surface area contributed by atoms with E-state index >= 15 is 0 Å². The van der Waals surface area contributed by atoms with Gasteiger partial charge in [-0.15, -0.1) is 0 Å². The van der Waals surface area contributed by atoms with E-state index in [1.807, 2.05) is 6.07 Å². The van der Waals surface area contributed by atoms with E-state index in [9.17, 15) is 0 Å². The lowest BCUT2D eigenvalue weighted by Crippen LogP contribution is -1.92. The largest absolute Gasteiger partial charge is 0.257 e. The second kappa shape index (κ2) is 2.08. The number of aromatic nitrogens is 2. The lowest BCUT2D eigenvalue weighted by atomic mass is 10.5. The van der Waals surface area contributed by atoms with Crippen LogP contribution in [0.2, 0.25) is 5.02 Å². The first kappa shape index (κ1) is 6.12. The van der Waals surface area contributed by atoms with E-state index in [1.165, 1.54) is 10.9 Å². The van der Waals surface area contributed by atoms with Crippen LogP contribution >= 0.6 is 11.6 Å². The molecule has 0 N–H and O–H groups in total. The second-order valence-corrected chi connectivity index (χ2v) is 1.98. The SMILES string of the molecule is Cn1ncc(Cl)c1C#N. The number of nitriles is 1. The average molecular weight is 142 g/mol. The van der Waals surface area contributed by atoms with Gasteiger partial charge in [-0.25, -0.2) is 0 Å². The zero-order valence-electron chi connectivity index (χ0n) is 4.80. The van der Waals surface area contributed by atoms with Crippen molar-refractivity contribution >= 4 is 11.6 Å². The number of hydrogen-bond donors (Lipinski definition) is 0. The number of nitrogens with zero attached hydrogens (tertiary/aromatic N) is 3. The molecule has 0 aliphatic heterocycles. The van der Waals surface area contributed by atoms with Gasteiger partial charge in [0.15, 0.2) is 5.69 Å². The first-order valence-electron chi connectivity index (χ1n) is 2.33. The lowest BCUT2D eigenvalue weighted by Gasteiger charge is -1.86. The van der Waals surface area contributed by atoms with Gasteiger partial charge in [-0.05, 0) is 0 Å². The average Bonchev–Trinajstić information content (AvgIpc) is 2.12. The molecule has 0 aliphatic carbocycles. The maximum absolute atomic E-state index is 8.39. The Labute approximate surface area is 57.5 Å². The Morgan fingerprint density at radius 3 is 2.78 bits per heavy atom. The fourth-order valence-corrected chi connectivity index (χ4v) is 0.745. The smallest absolute Gasteiger partial charge is 0.156 e. The molecule has 0 amide bonds. The Morgan fingerprint density at radius 2 is 2.56 bits per heavy atom. The van der Waals surface area contributed by atoms with Gasteiger partial charge < -0.3 is 0 Å². The Hall–Kier alpha value is -1.01. The topological polar surface area (TPSA) is 41.6 Å². The van der Waals surface area contributed by atoms with E-state index in [0.29, 0.717) is 10.7 Å². The summed E-state index contributed by atoms with van der Waals surface area (Å²) >= 11 is 5.54. The number of rotatable bonds is 0. The Kier molecular flexibility index (Phi) is 1.41. The van der Waals surface area contributed by atoms with Gasteiger partial charge in [0.2, 0.25) is 0 Å². The molecule has 0 unspecified atom stereocenters. The third kappa shape index (κ3) is 0.889. The van der Waals surface area contributed by atoms with E-state index in [4.69, 9.17) is 16.9 Å². The van der Waals surface area contributed by atoms with Crippen molar-refractivity contribution in [3.8, 4) is 6.07 Å². The van der Waals surface area contributed by atoms with Crippen molar-refractivity contribution in [2.75, 3.05) is 0 Å². The van der Waals surface area contributed by atoms with Gasteiger partial charge in [0.25, 0.3) is 0 Å². The van der Waals surface area contributed by atoms with Crippen LogP contribution < -0.4 is 0 Å². The number of halogens is 1. The van der Waals surface area contributed by atoms with Gasteiger partial charge in [-0.1, -0.05) is 11.6 Å². The molecule has 1 aromatic heterocycles. The van der Waals surface area contributed by atoms with Crippen LogP contribution in [0.15, 0.2) is 6.20 Å². The third-order valence-corrected chi connectivity index (χ3v) is 1.28. The number of hydrogen-bond acceptors (Lipinski definition) is 2. The molecule has 0 bridgehead atoms. The summed E-state index contributed by atoms with van der Waals surface area (Å²) in [4.78, 5) is 0. The van der Waals surface area contributed by atoms with Crippen molar-refractivity contribution in [1.29, 1.82) is 5.26 Å². The highest BCUT2D eigenvalue weighted by Crippen LogP contribution is 2.11. The summed E-state index contributed by atoms with van der Waals surface area (Å²) in [5.41, 5.74) is 0.400. The molecule has 46 valence electrons. The highest BCUT2D eigenvalue weighted by Gasteiger charge is 2.02. The monoisotopic (exact) mass is 141 g/mol. The van der Waals surface area contributed by atoms with E-state index < -0.39 is 0 Å². The molecule has 3 nitrogen and oxygen atoms in total. The summed E-state index contributed by atoms with van der Waals surface area (Å²) in [5.74, 6) is 0. The standard InChI is InChI=1S/C5H4ClN3/c1-9-5(2-7)4(6)3-8-9/h3H,1H3. The van der Waals surface area contributed by atoms with Gasteiger partial charge >= 0.3 is 0 Å². The van der Waals surface area contributed by atoms with Crippen LogP contribution in [0, 0.1) is 11.3 Å². The summed E-state index contributed by atoms with van der Waals surface area (Å²) in [6, 6.07) is 1.91. The molecule has 0 radical (unpaired) electrons. The predicted molar refractivity (Wildman–Crippen MR) is 32.9 cm³/mol. The van der Waals surface area contributed by atoms with Crippen molar-refractivity contribution in [3.05, 3.63) is 16.9 Å². The van der Waals surface area contributed by atoms with Gasteiger partial charge in [0.05, 0.1) is 11.2 Å². The normalized spacial score (nSPS) is 9.00. The first-order valence-corrected chi connectivity index (χ1v) is 2.71.